The maximum Gasteiger partial charge on any atom is 0.265 e. The Morgan fingerprint density at radius 2 is 1.61 bits per heavy atom. The van der Waals surface area contributed by atoms with E-state index in [2.05, 4.69) is 11.4 Å². The molecule has 28 heavy (non-hydrogen) atoms. The summed E-state index contributed by atoms with van der Waals surface area (Å²) in [4.78, 5) is 12.3. The standard InChI is InChI=1S/C22H17ClN2O3/c1-15(22(26)25-18-4-2-3-17(23)13-18)27-19-9-11-21(12-10-19)28-20-7-5-16(14-24)6-8-20/h2-13,15H,1H3,(H,25,26). The topological polar surface area (TPSA) is 71.3 Å². The van der Waals surface area contributed by atoms with Crippen molar-refractivity contribution in [1.29, 1.82) is 5.26 Å². The molecule has 0 aliphatic heterocycles. The lowest BCUT2D eigenvalue weighted by Gasteiger charge is -2.15. The number of ether oxygens (including phenoxy) is 2. The molecular weight excluding hydrogens is 376 g/mol. The molecule has 3 rings (SSSR count). The molecule has 0 heterocycles. The monoisotopic (exact) mass is 392 g/mol. The highest BCUT2D eigenvalue weighted by molar-refractivity contribution is 6.30. The van der Waals surface area contributed by atoms with Gasteiger partial charge in [-0.25, -0.2) is 0 Å². The number of nitrogens with one attached hydrogen (secondary N) is 1. The van der Waals surface area contributed by atoms with E-state index in [1.54, 1.807) is 79.7 Å². The van der Waals surface area contributed by atoms with E-state index in [9.17, 15) is 4.79 Å². The molecule has 3 aromatic rings. The van der Waals surface area contributed by atoms with Crippen LogP contribution in [0.1, 0.15) is 12.5 Å². The SMILES string of the molecule is CC(Oc1ccc(Oc2ccc(C#N)cc2)cc1)C(=O)Nc1cccc(Cl)c1. The van der Waals surface area contributed by atoms with Crippen LogP contribution in [0.3, 0.4) is 0 Å². The van der Waals surface area contributed by atoms with Crippen molar-refractivity contribution < 1.29 is 14.3 Å². The molecule has 1 atom stereocenters. The Kier molecular flexibility index (Phi) is 6.15. The van der Waals surface area contributed by atoms with Gasteiger partial charge in [-0.1, -0.05) is 17.7 Å². The Labute approximate surface area is 168 Å². The van der Waals surface area contributed by atoms with E-state index in [-0.39, 0.29) is 5.91 Å². The predicted molar refractivity (Wildman–Crippen MR) is 108 cm³/mol. The van der Waals surface area contributed by atoms with E-state index >= 15 is 0 Å². The lowest BCUT2D eigenvalue weighted by molar-refractivity contribution is -0.122. The van der Waals surface area contributed by atoms with Crippen LogP contribution in [0.25, 0.3) is 0 Å². The second-order valence-corrected chi connectivity index (χ2v) is 6.41. The number of halogens is 1. The van der Waals surface area contributed by atoms with Crippen LogP contribution < -0.4 is 14.8 Å². The highest BCUT2D eigenvalue weighted by Gasteiger charge is 2.15. The van der Waals surface area contributed by atoms with Crippen molar-refractivity contribution in [2.75, 3.05) is 5.32 Å². The van der Waals surface area contributed by atoms with Gasteiger partial charge in [0.2, 0.25) is 0 Å². The minimum Gasteiger partial charge on any atom is -0.481 e. The molecule has 0 saturated heterocycles. The van der Waals surface area contributed by atoms with Gasteiger partial charge in [0.1, 0.15) is 17.2 Å². The molecule has 0 aromatic heterocycles. The Bertz CT molecular complexity index is 996. The third kappa shape index (κ3) is 5.26. The number of nitrogens with zero attached hydrogens (tertiary/aromatic N) is 1. The van der Waals surface area contributed by atoms with Crippen molar-refractivity contribution in [2.45, 2.75) is 13.0 Å². The average molecular weight is 393 g/mol. The molecule has 0 bridgehead atoms. The Morgan fingerprint density at radius 3 is 2.21 bits per heavy atom. The molecule has 0 aliphatic carbocycles. The van der Waals surface area contributed by atoms with Gasteiger partial charge in [0, 0.05) is 10.7 Å². The first-order valence-corrected chi connectivity index (χ1v) is 8.92. The van der Waals surface area contributed by atoms with E-state index in [1.165, 1.54) is 0 Å². The number of amides is 1. The Balaban J connectivity index is 1.57. The third-order valence-electron chi connectivity index (χ3n) is 3.82. The van der Waals surface area contributed by atoms with E-state index < -0.39 is 6.10 Å². The smallest absolute Gasteiger partial charge is 0.265 e. The van der Waals surface area contributed by atoms with Crippen molar-refractivity contribution in [1.82, 2.24) is 0 Å². The number of carbonyl (C=O) groups is 1. The Hall–Kier alpha value is -3.49. The third-order valence-corrected chi connectivity index (χ3v) is 4.05. The minimum absolute atomic E-state index is 0.278. The van der Waals surface area contributed by atoms with Gasteiger partial charge in [0.25, 0.3) is 5.91 Å². The van der Waals surface area contributed by atoms with Crippen LogP contribution in [-0.4, -0.2) is 12.0 Å². The maximum absolute atomic E-state index is 12.3. The second-order valence-electron chi connectivity index (χ2n) is 5.97. The fourth-order valence-electron chi connectivity index (χ4n) is 2.39. The molecular formula is C22H17ClN2O3. The summed E-state index contributed by atoms with van der Waals surface area (Å²) in [6.45, 7) is 1.67. The van der Waals surface area contributed by atoms with Gasteiger partial charge < -0.3 is 14.8 Å². The first kappa shape index (κ1) is 19.3. The summed E-state index contributed by atoms with van der Waals surface area (Å²) < 4.78 is 11.4. The van der Waals surface area contributed by atoms with Gasteiger partial charge in [-0.15, -0.1) is 0 Å². The Morgan fingerprint density at radius 1 is 1.00 bits per heavy atom. The van der Waals surface area contributed by atoms with E-state index in [4.69, 9.17) is 26.3 Å². The summed E-state index contributed by atoms with van der Waals surface area (Å²) in [5.41, 5.74) is 1.18. The zero-order valence-corrected chi connectivity index (χ0v) is 15.8. The number of hydrogen-bond donors (Lipinski definition) is 1. The highest BCUT2D eigenvalue weighted by atomic mass is 35.5. The van der Waals surface area contributed by atoms with Crippen molar-refractivity contribution >= 4 is 23.2 Å². The normalized spacial score (nSPS) is 11.2. The van der Waals surface area contributed by atoms with E-state index in [0.29, 0.717) is 33.5 Å². The molecule has 0 saturated carbocycles. The lowest BCUT2D eigenvalue weighted by Crippen LogP contribution is -2.30. The summed E-state index contributed by atoms with van der Waals surface area (Å²) in [6.07, 6.45) is -0.690. The molecule has 1 amide bonds. The van der Waals surface area contributed by atoms with Crippen LogP contribution in [0, 0.1) is 11.3 Å². The highest BCUT2D eigenvalue weighted by Crippen LogP contribution is 2.25. The number of nitriles is 1. The predicted octanol–water partition coefficient (Wildman–Crippen LogP) is 5.41. The van der Waals surface area contributed by atoms with E-state index in [0.717, 1.165) is 0 Å². The van der Waals surface area contributed by atoms with Crippen molar-refractivity contribution in [3.63, 3.8) is 0 Å². The fraction of sp³-hybridized carbons (Fsp3) is 0.0909. The summed E-state index contributed by atoms with van der Waals surface area (Å²) in [5, 5.41) is 12.1. The molecule has 0 spiro atoms. The number of carbonyl (C=O) groups excluding carboxylic acids is 1. The van der Waals surface area contributed by atoms with Crippen LogP contribution in [0.5, 0.6) is 17.2 Å². The fourth-order valence-corrected chi connectivity index (χ4v) is 2.58. The molecule has 140 valence electrons. The zero-order valence-electron chi connectivity index (χ0n) is 15.1. The molecule has 1 N–H and O–H groups in total. The second kappa shape index (κ2) is 8.94. The molecule has 3 aromatic carbocycles. The molecule has 5 nitrogen and oxygen atoms in total. The van der Waals surface area contributed by atoms with Crippen LogP contribution in [0.4, 0.5) is 5.69 Å². The molecule has 1 unspecified atom stereocenters. The van der Waals surface area contributed by atoms with E-state index in [1.807, 2.05) is 0 Å². The molecule has 0 radical (unpaired) electrons. The van der Waals surface area contributed by atoms with Crippen LogP contribution in [0.2, 0.25) is 5.02 Å². The zero-order chi connectivity index (χ0) is 19.9. The number of hydrogen-bond acceptors (Lipinski definition) is 4. The summed E-state index contributed by atoms with van der Waals surface area (Å²) >= 11 is 5.92. The lowest BCUT2D eigenvalue weighted by atomic mass is 10.2. The maximum atomic E-state index is 12.3. The van der Waals surface area contributed by atoms with Gasteiger partial charge in [-0.05, 0) is 73.7 Å². The van der Waals surface area contributed by atoms with Crippen LogP contribution >= 0.6 is 11.6 Å². The number of anilines is 1. The van der Waals surface area contributed by atoms with Crippen molar-refractivity contribution in [2.24, 2.45) is 0 Å². The quantitative estimate of drug-likeness (QED) is 0.608. The summed E-state index contributed by atoms with van der Waals surface area (Å²) in [5.74, 6) is 1.51. The average Bonchev–Trinajstić information content (AvgIpc) is 2.70. The van der Waals surface area contributed by atoms with Gasteiger partial charge in [0.15, 0.2) is 6.10 Å². The van der Waals surface area contributed by atoms with Crippen LogP contribution in [-0.2, 0) is 4.79 Å². The van der Waals surface area contributed by atoms with Gasteiger partial charge in [0.05, 0.1) is 11.6 Å². The van der Waals surface area contributed by atoms with Crippen molar-refractivity contribution in [3.05, 3.63) is 83.4 Å². The van der Waals surface area contributed by atoms with Crippen LogP contribution in [0.15, 0.2) is 72.8 Å². The first-order valence-electron chi connectivity index (χ1n) is 8.54. The minimum atomic E-state index is -0.690. The van der Waals surface area contributed by atoms with Crippen molar-refractivity contribution in [3.8, 4) is 23.3 Å². The molecule has 6 heteroatoms. The van der Waals surface area contributed by atoms with Gasteiger partial charge in [-0.3, -0.25) is 4.79 Å². The summed E-state index contributed by atoms with van der Waals surface area (Å²) in [7, 11) is 0. The summed E-state index contributed by atoms with van der Waals surface area (Å²) in [6, 6.07) is 22.7. The molecule has 0 aliphatic rings. The first-order chi connectivity index (χ1) is 13.5. The number of rotatable bonds is 6. The van der Waals surface area contributed by atoms with Gasteiger partial charge >= 0.3 is 0 Å². The number of benzene rings is 3. The molecule has 0 fully saturated rings. The largest absolute Gasteiger partial charge is 0.481 e. The van der Waals surface area contributed by atoms with Gasteiger partial charge in [-0.2, -0.15) is 5.26 Å².